The zero-order chi connectivity index (χ0) is 17.6. The standard InChI is InChI=1S/C20H30N2O3/c1-15-12-16(9-10-21-15)20(23)22(14-18-7-5-11-25-18)13-17-6-3-4-8-19(17)24-2/h3-4,6,8,15-16,18,21H,5,7,9-14H2,1-2H3/t15-,16-,18?/m0/s1. The number of nitrogens with one attached hydrogen (secondary N) is 1. The van der Waals surface area contributed by atoms with Gasteiger partial charge in [-0.1, -0.05) is 18.2 Å². The van der Waals surface area contributed by atoms with Crippen LogP contribution in [0, 0.1) is 5.92 Å². The van der Waals surface area contributed by atoms with Gasteiger partial charge in [-0.15, -0.1) is 0 Å². The second kappa shape index (κ2) is 8.68. The fourth-order valence-corrected chi connectivity index (χ4v) is 3.92. The average Bonchev–Trinajstić information content (AvgIpc) is 3.14. The first-order valence-corrected chi connectivity index (χ1v) is 9.43. The number of piperidine rings is 1. The van der Waals surface area contributed by atoms with Gasteiger partial charge in [0.05, 0.1) is 13.2 Å². The molecule has 3 rings (SSSR count). The summed E-state index contributed by atoms with van der Waals surface area (Å²) in [5.74, 6) is 1.20. The van der Waals surface area contributed by atoms with Gasteiger partial charge in [0, 0.05) is 37.2 Å². The van der Waals surface area contributed by atoms with E-state index in [0.717, 1.165) is 50.1 Å². The molecule has 2 aliphatic rings. The van der Waals surface area contributed by atoms with E-state index in [1.54, 1.807) is 7.11 Å². The number of hydrogen-bond acceptors (Lipinski definition) is 4. The van der Waals surface area contributed by atoms with E-state index in [0.29, 0.717) is 19.1 Å². The van der Waals surface area contributed by atoms with E-state index in [1.807, 2.05) is 29.2 Å². The number of amides is 1. The van der Waals surface area contributed by atoms with Crippen LogP contribution < -0.4 is 10.1 Å². The summed E-state index contributed by atoms with van der Waals surface area (Å²) in [5, 5.41) is 3.43. The summed E-state index contributed by atoms with van der Waals surface area (Å²) in [5.41, 5.74) is 1.05. The summed E-state index contributed by atoms with van der Waals surface area (Å²) >= 11 is 0. The quantitative estimate of drug-likeness (QED) is 0.860. The van der Waals surface area contributed by atoms with Crippen LogP contribution in [0.25, 0.3) is 0 Å². The van der Waals surface area contributed by atoms with Crippen molar-refractivity contribution in [2.75, 3.05) is 26.8 Å². The highest BCUT2D eigenvalue weighted by molar-refractivity contribution is 5.79. The predicted octanol–water partition coefficient (Wildman–Crippen LogP) is 2.59. The van der Waals surface area contributed by atoms with Gasteiger partial charge in [0.1, 0.15) is 5.75 Å². The Hall–Kier alpha value is -1.59. The first kappa shape index (κ1) is 18.2. The van der Waals surface area contributed by atoms with Crippen molar-refractivity contribution in [3.05, 3.63) is 29.8 Å². The van der Waals surface area contributed by atoms with Crippen molar-refractivity contribution in [1.29, 1.82) is 0 Å². The molecule has 0 radical (unpaired) electrons. The number of ether oxygens (including phenoxy) is 2. The van der Waals surface area contributed by atoms with Crippen molar-refractivity contribution < 1.29 is 14.3 Å². The lowest BCUT2D eigenvalue weighted by atomic mass is 9.91. The van der Waals surface area contributed by atoms with E-state index in [1.165, 1.54) is 0 Å². The Morgan fingerprint density at radius 1 is 1.36 bits per heavy atom. The summed E-state index contributed by atoms with van der Waals surface area (Å²) in [7, 11) is 1.68. The molecule has 0 bridgehead atoms. The minimum absolute atomic E-state index is 0.104. The van der Waals surface area contributed by atoms with Crippen LogP contribution in [0.4, 0.5) is 0 Å². The molecule has 0 spiro atoms. The first-order chi connectivity index (χ1) is 12.2. The molecule has 3 atom stereocenters. The minimum Gasteiger partial charge on any atom is -0.496 e. The molecule has 0 aromatic heterocycles. The Morgan fingerprint density at radius 3 is 2.92 bits per heavy atom. The summed E-state index contributed by atoms with van der Waals surface area (Å²) in [6.07, 6.45) is 4.12. The molecule has 138 valence electrons. The fourth-order valence-electron chi connectivity index (χ4n) is 3.92. The van der Waals surface area contributed by atoms with Gasteiger partial charge in [-0.05, 0) is 45.2 Å². The maximum atomic E-state index is 13.2. The van der Waals surface area contributed by atoms with E-state index in [-0.39, 0.29) is 17.9 Å². The number of benzene rings is 1. The van der Waals surface area contributed by atoms with Gasteiger partial charge in [0.25, 0.3) is 0 Å². The van der Waals surface area contributed by atoms with Crippen LogP contribution in [0.3, 0.4) is 0 Å². The molecule has 1 unspecified atom stereocenters. The monoisotopic (exact) mass is 346 g/mol. The zero-order valence-electron chi connectivity index (χ0n) is 15.4. The SMILES string of the molecule is COc1ccccc1CN(CC1CCCO1)C(=O)[C@H]1CCN[C@@H](C)C1. The highest BCUT2D eigenvalue weighted by Gasteiger charge is 2.31. The Bertz CT molecular complexity index is 572. The van der Waals surface area contributed by atoms with Crippen LogP contribution in [0.1, 0.15) is 38.2 Å². The van der Waals surface area contributed by atoms with Crippen LogP contribution in [0.2, 0.25) is 0 Å². The van der Waals surface area contributed by atoms with Crippen LogP contribution in [-0.4, -0.2) is 49.8 Å². The first-order valence-electron chi connectivity index (χ1n) is 9.43. The number of carbonyl (C=O) groups excluding carboxylic acids is 1. The lowest BCUT2D eigenvalue weighted by Gasteiger charge is -2.33. The lowest BCUT2D eigenvalue weighted by molar-refractivity contribution is -0.139. The Kier molecular flexibility index (Phi) is 6.32. The molecule has 2 aliphatic heterocycles. The second-order valence-corrected chi connectivity index (χ2v) is 7.24. The Morgan fingerprint density at radius 2 is 2.20 bits per heavy atom. The van der Waals surface area contributed by atoms with Crippen molar-refractivity contribution in [3.8, 4) is 5.75 Å². The summed E-state index contributed by atoms with van der Waals surface area (Å²) in [4.78, 5) is 15.2. The van der Waals surface area contributed by atoms with Crippen LogP contribution in [0.5, 0.6) is 5.75 Å². The van der Waals surface area contributed by atoms with E-state index in [9.17, 15) is 4.79 Å². The molecule has 0 saturated carbocycles. The van der Waals surface area contributed by atoms with Crippen LogP contribution >= 0.6 is 0 Å². The summed E-state index contributed by atoms with van der Waals surface area (Å²) in [6, 6.07) is 8.36. The smallest absolute Gasteiger partial charge is 0.226 e. The van der Waals surface area contributed by atoms with Gasteiger partial charge in [0.15, 0.2) is 0 Å². The van der Waals surface area contributed by atoms with Crippen molar-refractivity contribution in [1.82, 2.24) is 10.2 Å². The normalized spacial score (nSPS) is 26.4. The number of nitrogens with zero attached hydrogens (tertiary/aromatic N) is 1. The lowest BCUT2D eigenvalue weighted by Crippen LogP contribution is -2.46. The molecule has 0 aliphatic carbocycles. The minimum atomic E-state index is 0.104. The molecule has 2 saturated heterocycles. The Balaban J connectivity index is 1.75. The van der Waals surface area contributed by atoms with E-state index in [4.69, 9.17) is 9.47 Å². The zero-order valence-corrected chi connectivity index (χ0v) is 15.4. The largest absolute Gasteiger partial charge is 0.496 e. The van der Waals surface area contributed by atoms with Gasteiger partial charge >= 0.3 is 0 Å². The molecule has 1 aromatic carbocycles. The highest BCUT2D eigenvalue weighted by Crippen LogP contribution is 2.25. The third-order valence-corrected chi connectivity index (χ3v) is 5.29. The highest BCUT2D eigenvalue weighted by atomic mass is 16.5. The summed E-state index contributed by atoms with van der Waals surface area (Å²) in [6.45, 7) is 5.14. The molecule has 5 nitrogen and oxygen atoms in total. The molecular weight excluding hydrogens is 316 g/mol. The van der Waals surface area contributed by atoms with Crippen LogP contribution in [0.15, 0.2) is 24.3 Å². The van der Waals surface area contributed by atoms with E-state index < -0.39 is 0 Å². The third-order valence-electron chi connectivity index (χ3n) is 5.29. The van der Waals surface area contributed by atoms with Crippen molar-refractivity contribution >= 4 is 5.91 Å². The molecule has 1 amide bonds. The maximum Gasteiger partial charge on any atom is 0.226 e. The van der Waals surface area contributed by atoms with Crippen LogP contribution in [-0.2, 0) is 16.1 Å². The average molecular weight is 346 g/mol. The van der Waals surface area contributed by atoms with Gasteiger partial charge in [-0.2, -0.15) is 0 Å². The van der Waals surface area contributed by atoms with Gasteiger partial charge < -0.3 is 19.7 Å². The molecule has 2 heterocycles. The Labute approximate surface area is 150 Å². The fraction of sp³-hybridized carbons (Fsp3) is 0.650. The molecular formula is C20H30N2O3. The molecule has 2 fully saturated rings. The van der Waals surface area contributed by atoms with Crippen molar-refractivity contribution in [2.24, 2.45) is 5.92 Å². The maximum absolute atomic E-state index is 13.2. The second-order valence-electron chi connectivity index (χ2n) is 7.24. The number of para-hydroxylation sites is 1. The number of hydrogen-bond donors (Lipinski definition) is 1. The van der Waals surface area contributed by atoms with Gasteiger partial charge in [0.2, 0.25) is 5.91 Å². The topological polar surface area (TPSA) is 50.8 Å². The molecule has 1 N–H and O–H groups in total. The molecule has 5 heteroatoms. The van der Waals surface area contributed by atoms with Crippen molar-refractivity contribution in [2.45, 2.75) is 51.3 Å². The van der Waals surface area contributed by atoms with Gasteiger partial charge in [-0.3, -0.25) is 4.79 Å². The number of rotatable bonds is 6. The van der Waals surface area contributed by atoms with Gasteiger partial charge in [-0.25, -0.2) is 0 Å². The predicted molar refractivity (Wildman–Crippen MR) is 97.6 cm³/mol. The van der Waals surface area contributed by atoms with E-state index in [2.05, 4.69) is 12.2 Å². The molecule has 1 aromatic rings. The van der Waals surface area contributed by atoms with Crippen molar-refractivity contribution in [3.63, 3.8) is 0 Å². The molecule has 25 heavy (non-hydrogen) atoms. The number of methoxy groups -OCH3 is 1. The number of carbonyl (C=O) groups is 1. The summed E-state index contributed by atoms with van der Waals surface area (Å²) < 4.78 is 11.3. The van der Waals surface area contributed by atoms with E-state index >= 15 is 0 Å². The third kappa shape index (κ3) is 4.73.